The maximum Gasteiger partial charge on any atom is 0.0999 e. The molecule has 0 saturated carbocycles. The van der Waals surface area contributed by atoms with Crippen molar-refractivity contribution in [3.63, 3.8) is 0 Å². The molecule has 0 unspecified atom stereocenters. The van der Waals surface area contributed by atoms with Crippen LogP contribution in [0.2, 0.25) is 0 Å². The molecular formula is C25H17N3. The van der Waals surface area contributed by atoms with E-state index in [2.05, 4.69) is 106 Å². The molecule has 0 atom stereocenters. The Hall–Kier alpha value is -3.85. The molecule has 2 heterocycles. The van der Waals surface area contributed by atoms with Crippen molar-refractivity contribution in [2.24, 2.45) is 0 Å². The third-order valence-corrected chi connectivity index (χ3v) is 5.43. The Balaban J connectivity index is 1.68. The summed E-state index contributed by atoms with van der Waals surface area (Å²) in [6, 6.07) is 34.0. The summed E-state index contributed by atoms with van der Waals surface area (Å²) in [4.78, 5) is 0. The van der Waals surface area contributed by atoms with E-state index in [1.165, 1.54) is 27.5 Å². The molecule has 6 rings (SSSR count). The summed E-state index contributed by atoms with van der Waals surface area (Å²) in [6.45, 7) is 0. The molecule has 0 aliphatic rings. The molecule has 4 aromatic carbocycles. The van der Waals surface area contributed by atoms with Gasteiger partial charge in [-0.1, -0.05) is 60.7 Å². The minimum atomic E-state index is 0.994. The average Bonchev–Trinajstić information content (AvgIpc) is 3.33. The lowest BCUT2D eigenvalue weighted by molar-refractivity contribution is 1.12. The second-order valence-electron chi connectivity index (χ2n) is 7.04. The van der Waals surface area contributed by atoms with E-state index >= 15 is 0 Å². The van der Waals surface area contributed by atoms with Crippen LogP contribution in [0.25, 0.3) is 49.7 Å². The number of fused-ring (bicyclic) bond motifs is 4. The minimum Gasteiger partial charge on any atom is -0.309 e. The summed E-state index contributed by atoms with van der Waals surface area (Å²) < 4.78 is 2.33. The number of hydrogen-bond acceptors (Lipinski definition) is 1. The molecule has 0 aliphatic heterocycles. The summed E-state index contributed by atoms with van der Waals surface area (Å²) in [7, 11) is 0. The highest BCUT2D eigenvalue weighted by Crippen LogP contribution is 2.35. The number of rotatable bonds is 2. The molecule has 28 heavy (non-hydrogen) atoms. The van der Waals surface area contributed by atoms with Gasteiger partial charge in [0, 0.05) is 27.4 Å². The normalized spacial score (nSPS) is 11.6. The molecule has 0 saturated heterocycles. The summed E-state index contributed by atoms with van der Waals surface area (Å²) in [5, 5.41) is 11.4. The highest BCUT2D eigenvalue weighted by Gasteiger charge is 2.14. The third-order valence-electron chi connectivity index (χ3n) is 5.43. The van der Waals surface area contributed by atoms with Crippen LogP contribution >= 0.6 is 0 Å². The average molecular weight is 359 g/mol. The first-order chi connectivity index (χ1) is 13.9. The number of hydrogen-bond donors (Lipinski definition) is 1. The Morgan fingerprint density at radius 1 is 0.607 bits per heavy atom. The summed E-state index contributed by atoms with van der Waals surface area (Å²) in [5.74, 6) is 0. The number of nitrogens with one attached hydrogen (secondary N) is 1. The van der Waals surface area contributed by atoms with Gasteiger partial charge in [0.1, 0.15) is 0 Å². The molecule has 0 radical (unpaired) electrons. The van der Waals surface area contributed by atoms with Crippen LogP contribution in [0.1, 0.15) is 0 Å². The van der Waals surface area contributed by atoms with E-state index in [1.807, 2.05) is 6.07 Å². The van der Waals surface area contributed by atoms with E-state index < -0.39 is 0 Å². The second-order valence-corrected chi connectivity index (χ2v) is 7.04. The molecule has 3 nitrogen and oxygen atoms in total. The van der Waals surface area contributed by atoms with Crippen LogP contribution in [-0.2, 0) is 0 Å². The van der Waals surface area contributed by atoms with Crippen LogP contribution in [-0.4, -0.2) is 14.8 Å². The first-order valence-electron chi connectivity index (χ1n) is 9.42. The van der Waals surface area contributed by atoms with Gasteiger partial charge in [-0.15, -0.1) is 0 Å². The Morgan fingerprint density at radius 2 is 1.32 bits per heavy atom. The molecule has 0 amide bonds. The molecule has 2 aromatic heterocycles. The van der Waals surface area contributed by atoms with E-state index in [4.69, 9.17) is 0 Å². The van der Waals surface area contributed by atoms with Crippen molar-refractivity contribution in [3.05, 3.63) is 97.1 Å². The van der Waals surface area contributed by atoms with Gasteiger partial charge >= 0.3 is 0 Å². The smallest absolute Gasteiger partial charge is 0.0999 e. The van der Waals surface area contributed by atoms with Crippen LogP contribution in [0.3, 0.4) is 0 Å². The summed E-state index contributed by atoms with van der Waals surface area (Å²) >= 11 is 0. The zero-order valence-corrected chi connectivity index (χ0v) is 15.1. The zero-order chi connectivity index (χ0) is 18.5. The van der Waals surface area contributed by atoms with Gasteiger partial charge in [0.05, 0.1) is 22.2 Å². The highest BCUT2D eigenvalue weighted by molar-refractivity contribution is 6.11. The summed E-state index contributed by atoms with van der Waals surface area (Å²) in [5.41, 5.74) is 6.77. The number of aromatic nitrogens is 3. The highest BCUT2D eigenvalue weighted by atomic mass is 15.1. The Kier molecular flexibility index (Phi) is 3.17. The topological polar surface area (TPSA) is 33.6 Å². The van der Waals surface area contributed by atoms with Crippen molar-refractivity contribution in [2.45, 2.75) is 0 Å². The molecule has 6 aromatic rings. The van der Waals surface area contributed by atoms with Crippen LogP contribution in [0.15, 0.2) is 97.1 Å². The molecule has 0 fully saturated rings. The molecular weight excluding hydrogens is 342 g/mol. The van der Waals surface area contributed by atoms with Crippen molar-refractivity contribution in [3.8, 4) is 16.9 Å². The van der Waals surface area contributed by atoms with Gasteiger partial charge in [-0.05, 0) is 36.4 Å². The predicted octanol–water partition coefficient (Wildman–Crippen LogP) is 6.33. The van der Waals surface area contributed by atoms with Crippen LogP contribution < -0.4 is 0 Å². The van der Waals surface area contributed by atoms with E-state index in [1.54, 1.807) is 0 Å². The van der Waals surface area contributed by atoms with Crippen LogP contribution in [0, 0.1) is 0 Å². The number of nitrogens with zero attached hydrogens (tertiary/aromatic N) is 2. The van der Waals surface area contributed by atoms with E-state index in [0.29, 0.717) is 0 Å². The monoisotopic (exact) mass is 359 g/mol. The second kappa shape index (κ2) is 5.83. The lowest BCUT2D eigenvalue weighted by Gasteiger charge is -2.07. The van der Waals surface area contributed by atoms with Gasteiger partial charge in [0.2, 0.25) is 0 Å². The zero-order valence-electron chi connectivity index (χ0n) is 15.1. The SMILES string of the molecule is c1ccc(-n2c3ccccc3c3cc(-c4n[nH]c5ccccc45)ccc32)cc1. The van der Waals surface area contributed by atoms with Gasteiger partial charge in [-0.25, -0.2) is 0 Å². The number of aromatic amines is 1. The molecule has 0 spiro atoms. The largest absolute Gasteiger partial charge is 0.309 e. The van der Waals surface area contributed by atoms with Gasteiger partial charge < -0.3 is 4.57 Å². The molecule has 0 bridgehead atoms. The van der Waals surface area contributed by atoms with Crippen LogP contribution in [0.4, 0.5) is 0 Å². The molecule has 132 valence electrons. The van der Waals surface area contributed by atoms with Crippen molar-refractivity contribution < 1.29 is 0 Å². The van der Waals surface area contributed by atoms with Crippen molar-refractivity contribution in [1.29, 1.82) is 0 Å². The van der Waals surface area contributed by atoms with E-state index in [0.717, 1.165) is 22.2 Å². The quantitative estimate of drug-likeness (QED) is 0.385. The summed E-state index contributed by atoms with van der Waals surface area (Å²) in [6.07, 6.45) is 0. The fourth-order valence-electron chi connectivity index (χ4n) is 4.16. The minimum absolute atomic E-state index is 0.994. The first-order valence-corrected chi connectivity index (χ1v) is 9.42. The van der Waals surface area contributed by atoms with Crippen molar-refractivity contribution >= 4 is 32.7 Å². The maximum absolute atomic E-state index is 4.59. The molecule has 1 N–H and O–H groups in total. The van der Waals surface area contributed by atoms with Gasteiger partial charge in [-0.3, -0.25) is 5.10 Å². The third kappa shape index (κ3) is 2.13. The Morgan fingerprint density at radius 3 is 2.21 bits per heavy atom. The number of para-hydroxylation sites is 3. The Bertz CT molecular complexity index is 1460. The first kappa shape index (κ1) is 15.2. The van der Waals surface area contributed by atoms with Crippen LogP contribution in [0.5, 0.6) is 0 Å². The van der Waals surface area contributed by atoms with E-state index in [9.17, 15) is 0 Å². The van der Waals surface area contributed by atoms with Crippen molar-refractivity contribution in [2.75, 3.05) is 0 Å². The molecule has 3 heteroatoms. The maximum atomic E-state index is 4.59. The Labute approximate surface area is 161 Å². The predicted molar refractivity (Wildman–Crippen MR) is 116 cm³/mol. The fraction of sp³-hybridized carbons (Fsp3) is 0. The lowest BCUT2D eigenvalue weighted by Crippen LogP contribution is -1.92. The van der Waals surface area contributed by atoms with Gasteiger partial charge in [0.25, 0.3) is 0 Å². The van der Waals surface area contributed by atoms with E-state index in [-0.39, 0.29) is 0 Å². The van der Waals surface area contributed by atoms with Crippen molar-refractivity contribution in [1.82, 2.24) is 14.8 Å². The lowest BCUT2D eigenvalue weighted by atomic mass is 10.0. The number of H-pyrrole nitrogens is 1. The fourth-order valence-corrected chi connectivity index (χ4v) is 4.16. The van der Waals surface area contributed by atoms with Gasteiger partial charge in [0.15, 0.2) is 0 Å². The molecule has 0 aliphatic carbocycles. The van der Waals surface area contributed by atoms with Gasteiger partial charge in [-0.2, -0.15) is 5.10 Å². The number of benzene rings is 4. The standard InChI is InChI=1S/C25H17N3/c1-2-8-18(9-3-1)28-23-13-7-5-10-19(23)21-16-17(14-15-24(21)28)25-20-11-4-6-12-22(20)26-27-25/h1-16H,(H,26,27).